The van der Waals surface area contributed by atoms with Crippen molar-refractivity contribution < 1.29 is 18.9 Å². The average Bonchev–Trinajstić information content (AvgIpc) is 2.48. The first kappa shape index (κ1) is 16.1. The van der Waals surface area contributed by atoms with Gasteiger partial charge in [-0.05, 0) is 30.7 Å². The Morgan fingerprint density at radius 1 is 1.24 bits per heavy atom. The molecule has 1 fully saturated rings. The quantitative estimate of drug-likeness (QED) is 0.756. The van der Waals surface area contributed by atoms with Gasteiger partial charge in [0.25, 0.3) is 0 Å². The zero-order chi connectivity index (χ0) is 15.1. The lowest BCUT2D eigenvalue weighted by Gasteiger charge is -2.29. The minimum Gasteiger partial charge on any atom is -0.493 e. The van der Waals surface area contributed by atoms with E-state index in [4.69, 9.17) is 18.9 Å². The van der Waals surface area contributed by atoms with Crippen molar-refractivity contribution in [1.29, 1.82) is 0 Å². The molecule has 0 amide bonds. The standard InChI is InChI=1S/C16H25NO4/c1-4-7-17-14(11-21-13-9-20-10-13)12-5-6-15(18-2)16(8-12)19-3/h5-6,8,13-14,17H,4,7,9-11H2,1-3H3. The number of hydrogen-bond donors (Lipinski definition) is 1. The molecule has 2 rings (SSSR count). The molecule has 1 aliphatic heterocycles. The second-order valence-corrected chi connectivity index (χ2v) is 5.11. The van der Waals surface area contributed by atoms with Gasteiger partial charge in [-0.2, -0.15) is 0 Å². The molecule has 0 radical (unpaired) electrons. The molecule has 0 aliphatic carbocycles. The summed E-state index contributed by atoms with van der Waals surface area (Å²) in [6, 6.07) is 6.13. The first-order valence-electron chi connectivity index (χ1n) is 7.43. The van der Waals surface area contributed by atoms with E-state index >= 15 is 0 Å². The molecule has 1 N–H and O–H groups in total. The fourth-order valence-corrected chi connectivity index (χ4v) is 2.20. The Hall–Kier alpha value is -1.30. The fourth-order valence-electron chi connectivity index (χ4n) is 2.20. The van der Waals surface area contributed by atoms with Crippen LogP contribution in [0.1, 0.15) is 24.9 Å². The number of benzene rings is 1. The van der Waals surface area contributed by atoms with Crippen LogP contribution < -0.4 is 14.8 Å². The van der Waals surface area contributed by atoms with Crippen molar-refractivity contribution in [3.05, 3.63) is 23.8 Å². The topological polar surface area (TPSA) is 49.0 Å². The number of rotatable bonds is 9. The van der Waals surface area contributed by atoms with E-state index in [1.54, 1.807) is 14.2 Å². The molecule has 0 aromatic heterocycles. The van der Waals surface area contributed by atoms with Crippen molar-refractivity contribution in [1.82, 2.24) is 5.32 Å². The first-order chi connectivity index (χ1) is 10.3. The summed E-state index contributed by atoms with van der Waals surface area (Å²) < 4.78 is 21.7. The molecule has 1 aliphatic rings. The second kappa shape index (κ2) is 8.22. The van der Waals surface area contributed by atoms with E-state index in [0.717, 1.165) is 30.0 Å². The zero-order valence-corrected chi connectivity index (χ0v) is 13.1. The Balaban J connectivity index is 2.06. The van der Waals surface area contributed by atoms with Crippen molar-refractivity contribution in [3.63, 3.8) is 0 Å². The highest BCUT2D eigenvalue weighted by atomic mass is 16.6. The second-order valence-electron chi connectivity index (χ2n) is 5.11. The molecule has 1 saturated heterocycles. The summed E-state index contributed by atoms with van der Waals surface area (Å²) in [6.45, 7) is 5.13. The smallest absolute Gasteiger partial charge is 0.161 e. The molecular weight excluding hydrogens is 270 g/mol. The first-order valence-corrected chi connectivity index (χ1v) is 7.43. The van der Waals surface area contributed by atoms with Gasteiger partial charge < -0.3 is 24.3 Å². The molecule has 0 bridgehead atoms. The summed E-state index contributed by atoms with van der Waals surface area (Å²) in [4.78, 5) is 0. The summed E-state index contributed by atoms with van der Waals surface area (Å²) in [6.07, 6.45) is 1.31. The molecule has 118 valence electrons. The van der Waals surface area contributed by atoms with Gasteiger partial charge >= 0.3 is 0 Å². The van der Waals surface area contributed by atoms with E-state index in [1.165, 1.54) is 0 Å². The molecular formula is C16H25NO4. The van der Waals surface area contributed by atoms with Crippen LogP contribution in [0.5, 0.6) is 11.5 Å². The van der Waals surface area contributed by atoms with Crippen molar-refractivity contribution in [3.8, 4) is 11.5 Å². The van der Waals surface area contributed by atoms with Crippen molar-refractivity contribution in [2.45, 2.75) is 25.5 Å². The van der Waals surface area contributed by atoms with Crippen molar-refractivity contribution in [2.24, 2.45) is 0 Å². The minimum absolute atomic E-state index is 0.144. The van der Waals surface area contributed by atoms with Gasteiger partial charge in [0.2, 0.25) is 0 Å². The van der Waals surface area contributed by atoms with Crippen LogP contribution in [-0.2, 0) is 9.47 Å². The Morgan fingerprint density at radius 3 is 2.57 bits per heavy atom. The van der Waals surface area contributed by atoms with Gasteiger partial charge in [-0.15, -0.1) is 0 Å². The molecule has 1 heterocycles. The largest absolute Gasteiger partial charge is 0.493 e. The summed E-state index contributed by atoms with van der Waals surface area (Å²) in [5.41, 5.74) is 1.14. The van der Waals surface area contributed by atoms with Crippen LogP contribution in [-0.4, -0.2) is 46.7 Å². The van der Waals surface area contributed by atoms with Gasteiger partial charge in [0.05, 0.1) is 40.1 Å². The summed E-state index contributed by atoms with van der Waals surface area (Å²) in [5, 5.41) is 3.52. The van der Waals surface area contributed by atoms with E-state index in [1.807, 2.05) is 12.1 Å². The lowest BCUT2D eigenvalue weighted by Crippen LogP contribution is -2.38. The fraction of sp³-hybridized carbons (Fsp3) is 0.625. The summed E-state index contributed by atoms with van der Waals surface area (Å²) in [5.74, 6) is 1.48. The van der Waals surface area contributed by atoms with E-state index in [0.29, 0.717) is 19.8 Å². The maximum Gasteiger partial charge on any atom is 0.161 e. The van der Waals surface area contributed by atoms with Gasteiger partial charge in [-0.1, -0.05) is 13.0 Å². The minimum atomic E-state index is 0.144. The molecule has 21 heavy (non-hydrogen) atoms. The molecule has 1 aromatic rings. The van der Waals surface area contributed by atoms with Gasteiger partial charge in [0.1, 0.15) is 6.10 Å². The highest BCUT2D eigenvalue weighted by Crippen LogP contribution is 2.30. The van der Waals surface area contributed by atoms with Crippen LogP contribution >= 0.6 is 0 Å². The molecule has 5 nitrogen and oxygen atoms in total. The normalized spacial score (nSPS) is 16.3. The molecule has 1 unspecified atom stereocenters. The van der Waals surface area contributed by atoms with Gasteiger partial charge in [-0.25, -0.2) is 0 Å². The van der Waals surface area contributed by atoms with E-state index in [9.17, 15) is 0 Å². The molecule has 1 aromatic carbocycles. The predicted molar refractivity (Wildman–Crippen MR) is 81.1 cm³/mol. The van der Waals surface area contributed by atoms with E-state index in [-0.39, 0.29) is 12.1 Å². The third-order valence-corrected chi connectivity index (χ3v) is 3.56. The van der Waals surface area contributed by atoms with E-state index in [2.05, 4.69) is 18.3 Å². The Morgan fingerprint density at radius 2 is 2.00 bits per heavy atom. The molecule has 0 spiro atoms. The predicted octanol–water partition coefficient (Wildman–Crippen LogP) is 2.16. The van der Waals surface area contributed by atoms with E-state index < -0.39 is 0 Å². The van der Waals surface area contributed by atoms with Crippen LogP contribution in [0, 0.1) is 0 Å². The molecule has 0 saturated carbocycles. The number of ether oxygens (including phenoxy) is 4. The number of hydrogen-bond acceptors (Lipinski definition) is 5. The van der Waals surface area contributed by atoms with Gasteiger partial charge in [0.15, 0.2) is 11.5 Å². The van der Waals surface area contributed by atoms with Crippen LogP contribution in [0.4, 0.5) is 0 Å². The highest BCUT2D eigenvalue weighted by Gasteiger charge is 2.21. The zero-order valence-electron chi connectivity index (χ0n) is 13.1. The summed E-state index contributed by atoms with van der Waals surface area (Å²) >= 11 is 0. The Bertz CT molecular complexity index is 434. The Kier molecular flexibility index (Phi) is 6.29. The van der Waals surface area contributed by atoms with Crippen LogP contribution in [0.2, 0.25) is 0 Å². The monoisotopic (exact) mass is 295 g/mol. The average molecular weight is 295 g/mol. The van der Waals surface area contributed by atoms with Gasteiger partial charge in [0, 0.05) is 0 Å². The maximum absolute atomic E-state index is 5.86. The highest BCUT2D eigenvalue weighted by molar-refractivity contribution is 5.43. The third-order valence-electron chi connectivity index (χ3n) is 3.56. The molecule has 5 heteroatoms. The van der Waals surface area contributed by atoms with Crippen molar-refractivity contribution >= 4 is 0 Å². The summed E-state index contributed by atoms with van der Waals surface area (Å²) in [7, 11) is 3.29. The van der Waals surface area contributed by atoms with Gasteiger partial charge in [-0.3, -0.25) is 0 Å². The SMILES string of the molecule is CCCNC(COC1COC1)c1ccc(OC)c(OC)c1. The molecule has 1 atom stereocenters. The number of methoxy groups -OCH3 is 2. The number of nitrogens with one attached hydrogen (secondary N) is 1. The lowest BCUT2D eigenvalue weighted by atomic mass is 10.1. The maximum atomic E-state index is 5.86. The lowest BCUT2D eigenvalue weighted by molar-refractivity contribution is -0.133. The van der Waals surface area contributed by atoms with Crippen molar-refractivity contribution in [2.75, 3.05) is 40.6 Å². The van der Waals surface area contributed by atoms with Crippen LogP contribution in [0.3, 0.4) is 0 Å². The van der Waals surface area contributed by atoms with Crippen LogP contribution in [0.25, 0.3) is 0 Å². The third kappa shape index (κ3) is 4.33. The van der Waals surface area contributed by atoms with Crippen LogP contribution in [0.15, 0.2) is 18.2 Å². The Labute approximate surface area is 126 Å².